The fourth-order valence-corrected chi connectivity index (χ4v) is 1.32. The van der Waals surface area contributed by atoms with E-state index in [1.54, 1.807) is 18.3 Å². The molecular formula is C8H9N3O. The van der Waals surface area contributed by atoms with Crippen LogP contribution in [-0.2, 0) is 11.2 Å². The number of aromatic nitrogens is 1. The van der Waals surface area contributed by atoms with Crippen molar-refractivity contribution < 1.29 is 4.79 Å². The fourth-order valence-electron chi connectivity index (χ4n) is 1.32. The second-order valence-electron chi connectivity index (χ2n) is 2.73. The number of carbonyl (C=O) groups excluding carboxylic acids is 1. The number of hydrogen-bond donors (Lipinski definition) is 1. The number of hydrogen-bond acceptors (Lipinski definition) is 3. The molecule has 0 bridgehead atoms. The van der Waals surface area contributed by atoms with Crippen molar-refractivity contribution in [2.24, 2.45) is 5.84 Å². The lowest BCUT2D eigenvalue weighted by Crippen LogP contribution is -2.41. The summed E-state index contributed by atoms with van der Waals surface area (Å²) in [7, 11) is 0. The Morgan fingerprint density at radius 2 is 2.33 bits per heavy atom. The summed E-state index contributed by atoms with van der Waals surface area (Å²) in [5, 5.41) is 1.17. The third-order valence-electron chi connectivity index (χ3n) is 1.97. The van der Waals surface area contributed by atoms with Crippen LogP contribution in [0.25, 0.3) is 0 Å². The summed E-state index contributed by atoms with van der Waals surface area (Å²) in [5.41, 5.74) is 1.63. The third kappa shape index (κ3) is 0.967. The maximum Gasteiger partial charge on any atom is 0.241 e. The normalized spacial score (nSPS) is 16.1. The molecule has 1 aliphatic heterocycles. The predicted octanol–water partition coefficient (Wildman–Crippen LogP) is 0.234. The number of nitrogens with zero attached hydrogens (tertiary/aromatic N) is 2. The van der Waals surface area contributed by atoms with Gasteiger partial charge in [-0.2, -0.15) is 0 Å². The van der Waals surface area contributed by atoms with Crippen LogP contribution in [0.5, 0.6) is 0 Å². The molecule has 0 fully saturated rings. The van der Waals surface area contributed by atoms with E-state index in [2.05, 4.69) is 4.98 Å². The van der Waals surface area contributed by atoms with Crippen molar-refractivity contribution in [2.45, 2.75) is 12.8 Å². The Morgan fingerprint density at radius 3 is 3.17 bits per heavy atom. The van der Waals surface area contributed by atoms with Gasteiger partial charge in [-0.25, -0.2) is 10.9 Å². The van der Waals surface area contributed by atoms with E-state index in [0.29, 0.717) is 12.8 Å². The van der Waals surface area contributed by atoms with Gasteiger partial charge in [-0.3, -0.25) is 9.78 Å². The van der Waals surface area contributed by atoms with Gasteiger partial charge in [0, 0.05) is 19.0 Å². The molecule has 12 heavy (non-hydrogen) atoms. The number of aryl methyl sites for hydroxylation is 1. The predicted molar refractivity (Wildman–Crippen MR) is 44.2 cm³/mol. The van der Waals surface area contributed by atoms with Gasteiger partial charge in [0.25, 0.3) is 0 Å². The molecule has 0 aromatic carbocycles. The van der Waals surface area contributed by atoms with Crippen molar-refractivity contribution in [1.29, 1.82) is 0 Å². The molecule has 1 amide bonds. The van der Waals surface area contributed by atoms with Crippen molar-refractivity contribution >= 4 is 11.6 Å². The number of nitrogens with two attached hydrogens (primary N) is 1. The van der Waals surface area contributed by atoms with Crippen LogP contribution in [0.2, 0.25) is 0 Å². The molecule has 1 aromatic heterocycles. The number of anilines is 1. The second-order valence-corrected chi connectivity index (χ2v) is 2.73. The molecule has 2 rings (SSSR count). The van der Waals surface area contributed by atoms with E-state index in [1.165, 1.54) is 5.01 Å². The van der Waals surface area contributed by atoms with Crippen molar-refractivity contribution in [3.63, 3.8) is 0 Å². The highest BCUT2D eigenvalue weighted by molar-refractivity contribution is 5.94. The van der Waals surface area contributed by atoms with Crippen molar-refractivity contribution in [3.8, 4) is 0 Å². The minimum atomic E-state index is -0.0458. The van der Waals surface area contributed by atoms with Crippen LogP contribution in [0.4, 0.5) is 5.69 Å². The molecule has 0 atom stereocenters. The van der Waals surface area contributed by atoms with Gasteiger partial charge in [0.15, 0.2) is 0 Å². The Kier molecular flexibility index (Phi) is 1.55. The first-order valence-electron chi connectivity index (χ1n) is 3.80. The summed E-state index contributed by atoms with van der Waals surface area (Å²) in [6.45, 7) is 0. The smallest absolute Gasteiger partial charge is 0.241 e. The number of rotatable bonds is 0. The summed E-state index contributed by atoms with van der Waals surface area (Å²) < 4.78 is 0. The summed E-state index contributed by atoms with van der Waals surface area (Å²) in [6.07, 6.45) is 2.87. The Bertz CT molecular complexity index is 324. The number of pyridine rings is 1. The second kappa shape index (κ2) is 2.57. The highest BCUT2D eigenvalue weighted by Gasteiger charge is 2.21. The largest absolute Gasteiger partial charge is 0.273 e. The molecule has 62 valence electrons. The van der Waals surface area contributed by atoms with Crippen LogP contribution in [0, 0.1) is 0 Å². The molecule has 0 saturated heterocycles. The lowest BCUT2D eigenvalue weighted by atomic mass is 10.1. The van der Waals surface area contributed by atoms with Crippen LogP contribution in [0.15, 0.2) is 18.3 Å². The number of fused-ring (bicyclic) bond motifs is 1. The molecule has 2 N–H and O–H groups in total. The van der Waals surface area contributed by atoms with Gasteiger partial charge in [0.2, 0.25) is 5.91 Å². The molecule has 0 unspecified atom stereocenters. The van der Waals surface area contributed by atoms with Gasteiger partial charge >= 0.3 is 0 Å². The summed E-state index contributed by atoms with van der Waals surface area (Å²) >= 11 is 0. The van der Waals surface area contributed by atoms with E-state index < -0.39 is 0 Å². The number of hydrazine groups is 1. The van der Waals surface area contributed by atoms with E-state index in [9.17, 15) is 4.79 Å². The summed E-state index contributed by atoms with van der Waals surface area (Å²) in [5.74, 6) is 5.49. The monoisotopic (exact) mass is 163 g/mol. The van der Waals surface area contributed by atoms with Crippen molar-refractivity contribution in [1.82, 2.24) is 4.98 Å². The zero-order chi connectivity index (χ0) is 8.55. The molecule has 0 radical (unpaired) electrons. The number of carbonyl (C=O) groups is 1. The van der Waals surface area contributed by atoms with Crippen LogP contribution >= 0.6 is 0 Å². The molecule has 4 nitrogen and oxygen atoms in total. The van der Waals surface area contributed by atoms with Crippen molar-refractivity contribution in [3.05, 3.63) is 24.0 Å². The minimum Gasteiger partial charge on any atom is -0.273 e. The Labute approximate surface area is 70.0 Å². The van der Waals surface area contributed by atoms with Crippen LogP contribution in [0.1, 0.15) is 12.1 Å². The standard InChI is InChI=1S/C8H9N3O/c9-11-7-2-1-5-10-6(7)3-4-8(11)12/h1-2,5H,3-4,9H2. The number of amides is 1. The van der Waals surface area contributed by atoms with Gasteiger partial charge in [0.05, 0.1) is 11.4 Å². The van der Waals surface area contributed by atoms with E-state index >= 15 is 0 Å². The minimum absolute atomic E-state index is 0.0458. The Hall–Kier alpha value is -1.42. The zero-order valence-electron chi connectivity index (χ0n) is 6.53. The quantitative estimate of drug-likeness (QED) is 0.440. The van der Waals surface area contributed by atoms with Gasteiger partial charge < -0.3 is 0 Å². The fraction of sp³-hybridized carbons (Fsp3) is 0.250. The first-order valence-corrected chi connectivity index (χ1v) is 3.80. The summed E-state index contributed by atoms with van der Waals surface area (Å²) in [4.78, 5) is 15.3. The van der Waals surface area contributed by atoms with Gasteiger partial charge in [0.1, 0.15) is 0 Å². The Morgan fingerprint density at radius 1 is 1.50 bits per heavy atom. The van der Waals surface area contributed by atoms with Gasteiger partial charge in [-0.05, 0) is 12.1 Å². The topological polar surface area (TPSA) is 59.2 Å². The van der Waals surface area contributed by atoms with Gasteiger partial charge in [-0.15, -0.1) is 0 Å². The highest BCUT2D eigenvalue weighted by Crippen LogP contribution is 2.22. The molecule has 2 heterocycles. The van der Waals surface area contributed by atoms with Crippen LogP contribution in [-0.4, -0.2) is 10.9 Å². The van der Waals surface area contributed by atoms with E-state index in [-0.39, 0.29) is 5.91 Å². The molecule has 0 spiro atoms. The maximum absolute atomic E-state index is 11.1. The highest BCUT2D eigenvalue weighted by atomic mass is 16.2. The summed E-state index contributed by atoms with van der Waals surface area (Å²) in [6, 6.07) is 3.58. The first kappa shape index (κ1) is 7.24. The van der Waals surface area contributed by atoms with Crippen LogP contribution in [0.3, 0.4) is 0 Å². The molecule has 0 saturated carbocycles. The average Bonchev–Trinajstić information content (AvgIpc) is 2.12. The molecular weight excluding hydrogens is 154 g/mol. The van der Waals surface area contributed by atoms with E-state index in [1.807, 2.05) is 0 Å². The molecule has 0 aliphatic carbocycles. The lowest BCUT2D eigenvalue weighted by molar-refractivity contribution is -0.119. The molecule has 4 heteroatoms. The average molecular weight is 163 g/mol. The zero-order valence-corrected chi connectivity index (χ0v) is 6.53. The van der Waals surface area contributed by atoms with Crippen molar-refractivity contribution in [2.75, 3.05) is 5.01 Å². The van der Waals surface area contributed by atoms with Crippen LogP contribution < -0.4 is 10.9 Å². The third-order valence-corrected chi connectivity index (χ3v) is 1.97. The lowest BCUT2D eigenvalue weighted by Gasteiger charge is -2.23. The molecule has 1 aliphatic rings. The molecule has 1 aromatic rings. The SMILES string of the molecule is NN1C(=O)CCc2ncccc21. The Balaban J connectivity index is 2.48. The van der Waals surface area contributed by atoms with Gasteiger partial charge in [-0.1, -0.05) is 0 Å². The first-order chi connectivity index (χ1) is 5.79. The maximum atomic E-state index is 11.1. The van der Waals surface area contributed by atoms with E-state index in [4.69, 9.17) is 5.84 Å². The van der Waals surface area contributed by atoms with E-state index in [0.717, 1.165) is 11.4 Å².